The Morgan fingerprint density at radius 2 is 1.95 bits per heavy atom. The van der Waals surface area contributed by atoms with Crippen molar-refractivity contribution in [2.45, 2.75) is 77.3 Å². The van der Waals surface area contributed by atoms with Gasteiger partial charge in [0.1, 0.15) is 11.4 Å². The number of aliphatic hydroxyl groups excluding tert-OH is 1. The lowest BCUT2D eigenvalue weighted by Gasteiger charge is -2.32. The lowest BCUT2D eigenvalue weighted by atomic mass is 9.83. The molecule has 10 heteroatoms. The number of amides is 1. The maximum atomic E-state index is 14.6. The Hall–Kier alpha value is -3.76. The van der Waals surface area contributed by atoms with Gasteiger partial charge < -0.3 is 24.2 Å². The summed E-state index contributed by atoms with van der Waals surface area (Å²) in [5, 5.41) is 11.9. The number of ether oxygens (including phenoxy) is 3. The molecule has 0 unspecified atom stereocenters. The molecule has 2 aliphatic heterocycles. The molecular formula is C32H37N3O6S. The highest BCUT2D eigenvalue weighted by Crippen LogP contribution is 2.47. The molecule has 0 spiro atoms. The minimum absolute atomic E-state index is 0.00308. The molecule has 0 saturated carbocycles. The van der Waals surface area contributed by atoms with Gasteiger partial charge in [-0.15, -0.1) is 11.3 Å². The fourth-order valence-electron chi connectivity index (χ4n) is 5.31. The number of carbonyl (C=O) groups excluding carboxylic acids is 2. The van der Waals surface area contributed by atoms with E-state index in [0.29, 0.717) is 43.3 Å². The average molecular weight is 592 g/mol. The molecule has 0 saturated heterocycles. The normalized spacial score (nSPS) is 19.8. The highest BCUT2D eigenvalue weighted by molar-refractivity contribution is 7.09. The molecule has 222 valence electrons. The summed E-state index contributed by atoms with van der Waals surface area (Å²) in [5.74, 6) is 0.388. The van der Waals surface area contributed by atoms with Crippen LogP contribution in [-0.4, -0.2) is 57.1 Å². The summed E-state index contributed by atoms with van der Waals surface area (Å²) in [6.45, 7) is 8.57. The maximum Gasteiger partial charge on any atom is 0.306 e. The molecule has 5 rings (SSSR count). The number of esters is 1. The van der Waals surface area contributed by atoms with E-state index in [1.807, 2.05) is 81.6 Å². The van der Waals surface area contributed by atoms with Gasteiger partial charge in [0, 0.05) is 42.5 Å². The third kappa shape index (κ3) is 6.50. The van der Waals surface area contributed by atoms with Gasteiger partial charge in [-0.3, -0.25) is 9.59 Å². The van der Waals surface area contributed by atoms with Crippen LogP contribution in [0.5, 0.6) is 5.75 Å². The van der Waals surface area contributed by atoms with E-state index in [0.717, 1.165) is 21.8 Å². The second-order valence-corrected chi connectivity index (χ2v) is 12.7. The second kappa shape index (κ2) is 12.2. The van der Waals surface area contributed by atoms with Crippen molar-refractivity contribution < 1.29 is 28.9 Å². The van der Waals surface area contributed by atoms with Crippen LogP contribution in [0, 0.1) is 6.92 Å². The van der Waals surface area contributed by atoms with Crippen molar-refractivity contribution in [3.8, 4) is 5.75 Å². The van der Waals surface area contributed by atoms with Gasteiger partial charge in [0.2, 0.25) is 5.90 Å². The minimum atomic E-state index is -1.37. The summed E-state index contributed by atoms with van der Waals surface area (Å²) in [6, 6.07) is 15.2. The predicted molar refractivity (Wildman–Crippen MR) is 159 cm³/mol. The van der Waals surface area contributed by atoms with Gasteiger partial charge in [-0.2, -0.15) is 0 Å². The molecule has 2 aliphatic rings. The lowest BCUT2D eigenvalue weighted by Crippen LogP contribution is -2.48. The monoisotopic (exact) mass is 591 g/mol. The number of thiazole rings is 1. The van der Waals surface area contributed by atoms with Gasteiger partial charge in [0.05, 0.1) is 23.9 Å². The molecule has 3 aromatic rings. The third-order valence-corrected chi connectivity index (χ3v) is 7.97. The molecule has 0 bridgehead atoms. The predicted octanol–water partition coefficient (Wildman–Crippen LogP) is 5.13. The van der Waals surface area contributed by atoms with Crippen LogP contribution in [0.1, 0.15) is 73.5 Å². The van der Waals surface area contributed by atoms with Gasteiger partial charge in [-0.1, -0.05) is 24.3 Å². The zero-order valence-electron chi connectivity index (χ0n) is 24.5. The highest BCUT2D eigenvalue weighted by Gasteiger charge is 2.56. The zero-order valence-corrected chi connectivity index (χ0v) is 25.3. The van der Waals surface area contributed by atoms with Crippen LogP contribution in [0.15, 0.2) is 58.9 Å². The van der Waals surface area contributed by atoms with Crippen molar-refractivity contribution in [1.82, 2.24) is 9.88 Å². The van der Waals surface area contributed by atoms with Gasteiger partial charge in [-0.05, 0) is 63.9 Å². The Morgan fingerprint density at radius 3 is 2.64 bits per heavy atom. The van der Waals surface area contributed by atoms with Crippen LogP contribution in [0.2, 0.25) is 0 Å². The first-order valence-electron chi connectivity index (χ1n) is 14.2. The second-order valence-electron chi connectivity index (χ2n) is 11.6. The Bertz CT molecular complexity index is 1460. The first-order chi connectivity index (χ1) is 20.1. The van der Waals surface area contributed by atoms with Crippen LogP contribution in [0.3, 0.4) is 0 Å². The first kappa shape index (κ1) is 29.7. The van der Waals surface area contributed by atoms with Crippen molar-refractivity contribution in [3.63, 3.8) is 0 Å². The Labute approximate surface area is 250 Å². The van der Waals surface area contributed by atoms with Crippen LogP contribution in [-0.2, 0) is 32.2 Å². The Kier molecular flexibility index (Phi) is 8.65. The van der Waals surface area contributed by atoms with Crippen molar-refractivity contribution in [3.05, 3.63) is 81.3 Å². The van der Waals surface area contributed by atoms with Gasteiger partial charge in [-0.25, -0.2) is 9.98 Å². The zero-order chi connectivity index (χ0) is 29.9. The van der Waals surface area contributed by atoms with Crippen molar-refractivity contribution in [1.29, 1.82) is 0 Å². The molecule has 2 atom stereocenters. The number of hydrogen-bond donors (Lipinski definition) is 1. The molecule has 0 aliphatic carbocycles. The summed E-state index contributed by atoms with van der Waals surface area (Å²) in [6.07, 6.45) is -0.0552. The number of fused-ring (bicyclic) bond motifs is 3. The van der Waals surface area contributed by atoms with Gasteiger partial charge >= 0.3 is 5.97 Å². The number of carbonyl (C=O) groups is 2. The molecule has 1 amide bonds. The van der Waals surface area contributed by atoms with Gasteiger partial charge in [0.15, 0.2) is 11.6 Å². The number of aliphatic hydroxyl groups is 1. The number of aryl methyl sites for hydroxylation is 1. The molecule has 42 heavy (non-hydrogen) atoms. The molecule has 0 radical (unpaired) electrons. The van der Waals surface area contributed by atoms with E-state index >= 15 is 0 Å². The van der Waals surface area contributed by atoms with Crippen LogP contribution in [0.25, 0.3) is 0 Å². The molecular weight excluding hydrogens is 554 g/mol. The van der Waals surface area contributed by atoms with E-state index in [9.17, 15) is 9.59 Å². The van der Waals surface area contributed by atoms with E-state index in [1.54, 1.807) is 16.2 Å². The number of nitrogens with zero attached hydrogens (tertiary/aromatic N) is 3. The molecule has 1 aromatic heterocycles. The third-order valence-electron chi connectivity index (χ3n) is 7.14. The highest BCUT2D eigenvalue weighted by atomic mass is 32.1. The molecule has 0 fully saturated rings. The summed E-state index contributed by atoms with van der Waals surface area (Å²) < 4.78 is 17.9. The SMILES string of the molecule is Cc1nc(CN2Cc3ccccc3[C@H]3OC(c4ccc(OCCCO)cc4)=N[C@@]3(CCC(=O)OC(C)(C)C)C2=O)cs1. The number of benzene rings is 2. The van der Waals surface area contributed by atoms with Crippen LogP contribution >= 0.6 is 11.3 Å². The van der Waals surface area contributed by atoms with E-state index in [-0.39, 0.29) is 25.4 Å². The summed E-state index contributed by atoms with van der Waals surface area (Å²) in [5.41, 5.74) is 1.32. The Morgan fingerprint density at radius 1 is 1.19 bits per heavy atom. The van der Waals surface area contributed by atoms with E-state index in [4.69, 9.17) is 24.3 Å². The van der Waals surface area contributed by atoms with Crippen molar-refractivity contribution >= 4 is 29.1 Å². The van der Waals surface area contributed by atoms with Crippen LogP contribution in [0.4, 0.5) is 0 Å². The summed E-state index contributed by atoms with van der Waals surface area (Å²) in [4.78, 5) is 39.0. The summed E-state index contributed by atoms with van der Waals surface area (Å²) >= 11 is 1.54. The number of aliphatic imine (C=N–C) groups is 1. The fourth-order valence-corrected chi connectivity index (χ4v) is 5.91. The molecule has 3 heterocycles. The molecule has 2 aromatic carbocycles. The maximum absolute atomic E-state index is 14.6. The fraction of sp³-hybridized carbons (Fsp3) is 0.438. The largest absolute Gasteiger partial charge is 0.494 e. The number of aromatic nitrogens is 1. The van der Waals surface area contributed by atoms with Crippen molar-refractivity contribution in [2.75, 3.05) is 13.2 Å². The molecule has 9 nitrogen and oxygen atoms in total. The van der Waals surface area contributed by atoms with E-state index in [1.165, 1.54) is 0 Å². The Balaban J connectivity index is 1.54. The average Bonchev–Trinajstić information content (AvgIpc) is 3.53. The number of hydrogen-bond acceptors (Lipinski definition) is 9. The molecule has 1 N–H and O–H groups in total. The smallest absolute Gasteiger partial charge is 0.306 e. The van der Waals surface area contributed by atoms with Gasteiger partial charge in [0.25, 0.3) is 5.91 Å². The van der Waals surface area contributed by atoms with E-state index < -0.39 is 23.2 Å². The number of rotatable bonds is 10. The van der Waals surface area contributed by atoms with Crippen molar-refractivity contribution in [2.24, 2.45) is 4.99 Å². The summed E-state index contributed by atoms with van der Waals surface area (Å²) in [7, 11) is 0. The van der Waals surface area contributed by atoms with Crippen LogP contribution < -0.4 is 4.74 Å². The quantitative estimate of drug-likeness (QED) is 0.257. The minimum Gasteiger partial charge on any atom is -0.494 e. The topological polar surface area (TPSA) is 111 Å². The standard InChI is InChI=1S/C32H37N3O6S/c1-21-33-24(20-42-21)19-35-18-23-8-5-6-9-26(23)28-32(30(35)38,15-14-27(37)41-31(2,3)4)34-29(40-28)22-10-12-25(13-11-22)39-17-7-16-36/h5-6,8-13,20,28,36H,7,14-19H2,1-4H3/t28-,32-/m1/s1. The van der Waals surface area contributed by atoms with E-state index in [2.05, 4.69) is 4.98 Å². The first-order valence-corrected chi connectivity index (χ1v) is 15.1. The lowest BCUT2D eigenvalue weighted by molar-refractivity contribution is -0.155.